The Morgan fingerprint density at radius 3 is 2.74 bits per heavy atom. The van der Waals surface area contributed by atoms with Gasteiger partial charge in [-0.1, -0.05) is 30.3 Å². The molecule has 0 N–H and O–H groups in total. The van der Waals surface area contributed by atoms with Crippen LogP contribution in [0.3, 0.4) is 0 Å². The monoisotopic (exact) mass is 481 g/mol. The summed E-state index contributed by atoms with van der Waals surface area (Å²) in [4.78, 5) is 18.5. The van der Waals surface area contributed by atoms with Gasteiger partial charge in [0.15, 0.2) is 6.10 Å². The van der Waals surface area contributed by atoms with Gasteiger partial charge in [-0.25, -0.2) is 9.18 Å². The lowest BCUT2D eigenvalue weighted by molar-refractivity contribution is 0.103. The van der Waals surface area contributed by atoms with E-state index in [1.165, 1.54) is 22.7 Å². The van der Waals surface area contributed by atoms with Gasteiger partial charge in [-0.15, -0.1) is 4.37 Å². The number of cyclic esters (lactones) is 1. The minimum Gasteiger partial charge on any atom is -0.472 e. The van der Waals surface area contributed by atoms with Crippen molar-refractivity contribution >= 4 is 29.2 Å². The van der Waals surface area contributed by atoms with Crippen LogP contribution in [0.25, 0.3) is 0 Å². The first-order valence-corrected chi connectivity index (χ1v) is 12.1. The van der Waals surface area contributed by atoms with Gasteiger partial charge in [0.25, 0.3) is 0 Å². The van der Waals surface area contributed by atoms with Crippen LogP contribution in [0.15, 0.2) is 54.7 Å². The summed E-state index contributed by atoms with van der Waals surface area (Å²) in [6.07, 6.45) is 1.60. The van der Waals surface area contributed by atoms with Crippen molar-refractivity contribution in [3.05, 3.63) is 66.1 Å². The van der Waals surface area contributed by atoms with E-state index in [0.29, 0.717) is 29.3 Å². The number of amides is 1. The molecule has 0 spiro atoms. The van der Waals surface area contributed by atoms with Gasteiger partial charge in [-0.2, -0.15) is 4.37 Å². The highest BCUT2D eigenvalue weighted by Gasteiger charge is 2.44. The average molecular weight is 482 g/mol. The molecule has 2 aromatic carbocycles. The third kappa shape index (κ3) is 4.07. The zero-order chi connectivity index (χ0) is 23.1. The molecule has 34 heavy (non-hydrogen) atoms. The highest BCUT2D eigenvalue weighted by Crippen LogP contribution is 2.37. The molecular formula is C24H24FN5O3S. The molecule has 8 nitrogen and oxygen atoms in total. The third-order valence-corrected chi connectivity index (χ3v) is 7.23. The molecule has 10 heteroatoms. The summed E-state index contributed by atoms with van der Waals surface area (Å²) >= 11 is 1.05. The van der Waals surface area contributed by atoms with Gasteiger partial charge < -0.3 is 14.4 Å². The van der Waals surface area contributed by atoms with E-state index in [1.807, 2.05) is 6.07 Å². The predicted octanol–water partition coefficient (Wildman–Crippen LogP) is 3.54. The molecule has 1 aromatic heterocycles. The number of fused-ring (bicyclic) bond motifs is 2. The molecule has 3 aliphatic rings. The van der Waals surface area contributed by atoms with Gasteiger partial charge in [0.05, 0.1) is 29.6 Å². The maximum Gasteiger partial charge on any atom is 0.414 e. The second-order valence-corrected chi connectivity index (χ2v) is 9.48. The summed E-state index contributed by atoms with van der Waals surface area (Å²) in [6, 6.07) is 16.2. The van der Waals surface area contributed by atoms with E-state index in [4.69, 9.17) is 9.47 Å². The quantitative estimate of drug-likeness (QED) is 0.511. The first-order valence-electron chi connectivity index (χ1n) is 11.4. The molecule has 3 fully saturated rings. The van der Waals surface area contributed by atoms with Crippen LogP contribution in [0.4, 0.5) is 20.6 Å². The molecule has 176 valence electrons. The molecule has 4 heterocycles. The maximum absolute atomic E-state index is 15.2. The number of halogens is 1. The minimum absolute atomic E-state index is 0.171. The molecule has 3 saturated heterocycles. The summed E-state index contributed by atoms with van der Waals surface area (Å²) in [6.45, 7) is 3.13. The Balaban J connectivity index is 1.09. The molecule has 0 aliphatic carbocycles. The summed E-state index contributed by atoms with van der Waals surface area (Å²) < 4.78 is 33.9. The molecule has 3 aliphatic heterocycles. The Morgan fingerprint density at radius 2 is 2.00 bits per heavy atom. The molecule has 2 bridgehead atoms. The van der Waals surface area contributed by atoms with Crippen molar-refractivity contribution in [3.8, 4) is 5.88 Å². The van der Waals surface area contributed by atoms with Crippen LogP contribution >= 0.6 is 11.7 Å². The van der Waals surface area contributed by atoms with Crippen molar-refractivity contribution in [2.75, 3.05) is 36.0 Å². The lowest BCUT2D eigenvalue weighted by atomic mass is 10.1. The predicted molar refractivity (Wildman–Crippen MR) is 126 cm³/mol. The van der Waals surface area contributed by atoms with Crippen LogP contribution in [0.5, 0.6) is 5.88 Å². The average Bonchev–Trinajstić information content (AvgIpc) is 3.63. The second-order valence-electron chi connectivity index (χ2n) is 8.92. The highest BCUT2D eigenvalue weighted by atomic mass is 32.1. The standard InChI is InChI=1S/C24H24FN5O3S/c25-21-9-17(30-14-20(33-24(30)31)15-32-23-10-26-34-27-23)6-7-22(21)29-13-18-8-19(29)12-28(18)11-16-4-2-1-3-5-16/h1-7,9-10,18-20H,8,11-15H2. The van der Waals surface area contributed by atoms with Gasteiger partial charge in [0, 0.05) is 31.7 Å². The van der Waals surface area contributed by atoms with Crippen molar-refractivity contribution in [2.24, 2.45) is 0 Å². The van der Waals surface area contributed by atoms with Gasteiger partial charge in [0.1, 0.15) is 18.6 Å². The summed E-state index contributed by atoms with van der Waals surface area (Å²) in [5, 5.41) is 0. The number of rotatable bonds is 7. The van der Waals surface area contributed by atoms with Gasteiger partial charge in [0.2, 0.25) is 5.88 Å². The Hall–Kier alpha value is -3.24. The number of benzene rings is 2. The van der Waals surface area contributed by atoms with Gasteiger partial charge in [-0.3, -0.25) is 9.80 Å². The first-order chi connectivity index (χ1) is 16.6. The topological polar surface area (TPSA) is 71.0 Å². The van der Waals surface area contributed by atoms with E-state index in [2.05, 4.69) is 42.8 Å². The zero-order valence-electron chi connectivity index (χ0n) is 18.4. The van der Waals surface area contributed by atoms with Crippen LogP contribution in [-0.2, 0) is 11.3 Å². The van der Waals surface area contributed by atoms with E-state index in [9.17, 15) is 4.79 Å². The van der Waals surface area contributed by atoms with E-state index in [-0.39, 0.29) is 19.0 Å². The Kier molecular flexibility index (Phi) is 5.54. The number of carbonyl (C=O) groups is 1. The van der Waals surface area contributed by atoms with Crippen molar-refractivity contribution < 1.29 is 18.7 Å². The van der Waals surface area contributed by atoms with Crippen LogP contribution in [-0.4, -0.2) is 64.2 Å². The first kappa shape index (κ1) is 21.3. The van der Waals surface area contributed by atoms with Crippen LogP contribution in [0.2, 0.25) is 0 Å². The number of likely N-dealkylation sites (tertiary alicyclic amines) is 1. The zero-order valence-corrected chi connectivity index (χ0v) is 19.2. The van der Waals surface area contributed by atoms with Gasteiger partial charge >= 0.3 is 6.09 Å². The van der Waals surface area contributed by atoms with Crippen molar-refractivity contribution in [3.63, 3.8) is 0 Å². The van der Waals surface area contributed by atoms with Crippen LogP contribution in [0.1, 0.15) is 12.0 Å². The Morgan fingerprint density at radius 1 is 1.12 bits per heavy atom. The number of nitrogens with zero attached hydrogens (tertiary/aromatic N) is 5. The third-order valence-electron chi connectivity index (χ3n) is 6.77. The number of ether oxygens (including phenoxy) is 2. The van der Waals surface area contributed by atoms with Gasteiger partial charge in [-0.05, 0) is 30.2 Å². The lowest BCUT2D eigenvalue weighted by Crippen LogP contribution is -2.46. The van der Waals surface area contributed by atoms with E-state index >= 15 is 4.39 Å². The van der Waals surface area contributed by atoms with Crippen LogP contribution in [0, 0.1) is 5.82 Å². The number of anilines is 2. The second kappa shape index (κ2) is 8.84. The number of piperazine rings is 1. The number of hydrogen-bond acceptors (Lipinski definition) is 8. The largest absolute Gasteiger partial charge is 0.472 e. The molecule has 0 saturated carbocycles. The molecule has 0 radical (unpaired) electrons. The summed E-state index contributed by atoms with van der Waals surface area (Å²) in [7, 11) is 0. The summed E-state index contributed by atoms with van der Waals surface area (Å²) in [5.74, 6) is 0.0813. The fourth-order valence-electron chi connectivity index (χ4n) is 5.17. The number of hydrogen-bond donors (Lipinski definition) is 0. The van der Waals surface area contributed by atoms with E-state index in [1.54, 1.807) is 12.1 Å². The summed E-state index contributed by atoms with van der Waals surface area (Å²) in [5.41, 5.74) is 2.39. The molecule has 3 aromatic rings. The molecule has 6 rings (SSSR count). The lowest BCUT2D eigenvalue weighted by Gasteiger charge is -2.36. The SMILES string of the molecule is O=C1OC(COc2cnsn2)CN1c1ccc(N2CC3CC2CN3Cc2ccccc2)c(F)c1. The Labute approximate surface area is 200 Å². The molecule has 3 atom stereocenters. The normalized spacial score (nSPS) is 24.1. The molecule has 1 amide bonds. The Bertz CT molecular complexity index is 1160. The smallest absolute Gasteiger partial charge is 0.414 e. The van der Waals surface area contributed by atoms with E-state index < -0.39 is 12.2 Å². The number of carbonyl (C=O) groups excluding carboxylic acids is 1. The minimum atomic E-state index is -0.506. The van der Waals surface area contributed by atoms with Crippen LogP contribution < -0.4 is 14.5 Å². The maximum atomic E-state index is 15.2. The fourth-order valence-corrected chi connectivity index (χ4v) is 5.53. The highest BCUT2D eigenvalue weighted by molar-refractivity contribution is 6.99. The molecular weight excluding hydrogens is 457 g/mol. The van der Waals surface area contributed by atoms with E-state index in [0.717, 1.165) is 37.8 Å². The van der Waals surface area contributed by atoms with Crippen molar-refractivity contribution in [2.45, 2.75) is 31.2 Å². The van der Waals surface area contributed by atoms with Crippen molar-refractivity contribution in [1.82, 2.24) is 13.6 Å². The number of aromatic nitrogens is 2. The van der Waals surface area contributed by atoms with Crippen molar-refractivity contribution in [1.29, 1.82) is 0 Å². The molecule has 3 unspecified atom stereocenters. The fraction of sp³-hybridized carbons (Fsp3) is 0.375.